The van der Waals surface area contributed by atoms with Crippen molar-refractivity contribution in [1.82, 2.24) is 0 Å². The molecular weight excluding hydrogens is 92.1 g/mol. The molecule has 0 aromatic heterocycles. The molecule has 2 fully saturated rings. The average Bonchev–Trinajstić information content (AvgIpc) is 2.15. The zero-order valence-electron chi connectivity index (χ0n) is 4.02. The molecule has 2 rings (SSSR count). The van der Waals surface area contributed by atoms with Crippen LogP contribution in [0.2, 0.25) is 0 Å². The Kier molecular flexibility index (Phi) is 0.557. The first-order chi connectivity index (χ1) is 3.41. The molecule has 1 saturated heterocycles. The first-order valence-corrected chi connectivity index (χ1v) is 2.56. The van der Waals surface area contributed by atoms with Crippen LogP contribution in [0.4, 0.5) is 0 Å². The third-order valence-electron chi connectivity index (χ3n) is 1.49. The van der Waals surface area contributed by atoms with Gasteiger partial charge in [0.15, 0.2) is 0 Å². The Labute approximate surface area is 42.3 Å². The maximum atomic E-state index is 4.90. The van der Waals surface area contributed by atoms with Crippen LogP contribution in [0.5, 0.6) is 0 Å². The van der Waals surface area contributed by atoms with E-state index in [0.717, 1.165) is 12.8 Å². The van der Waals surface area contributed by atoms with Crippen LogP contribution >= 0.6 is 0 Å². The second kappa shape index (κ2) is 1.01. The summed E-state index contributed by atoms with van der Waals surface area (Å²) in [5, 5.41) is 0. The van der Waals surface area contributed by atoms with Gasteiger partial charge in [0.2, 0.25) is 0 Å². The Bertz CT molecular complexity index is 78.1. The normalized spacial score (nSPS) is 34.3. The molecular formula is C5H7O2. The van der Waals surface area contributed by atoms with E-state index in [4.69, 9.17) is 4.89 Å². The summed E-state index contributed by atoms with van der Waals surface area (Å²) in [6.45, 7) is 0.681. The maximum absolute atomic E-state index is 4.90. The molecule has 0 atom stereocenters. The van der Waals surface area contributed by atoms with Crippen molar-refractivity contribution in [3.05, 3.63) is 6.42 Å². The highest BCUT2D eigenvalue weighted by Crippen LogP contribution is 2.45. The van der Waals surface area contributed by atoms with E-state index in [1.165, 1.54) is 0 Å². The standard InChI is InChI=1S/C5H7O2/c1-2-5(1)3-4-6-7-5/h3H,1-2,4H2. The molecule has 1 spiro atoms. The maximum Gasteiger partial charge on any atom is 0.109 e. The van der Waals surface area contributed by atoms with Gasteiger partial charge in [-0.3, -0.25) is 0 Å². The Morgan fingerprint density at radius 3 is 2.57 bits per heavy atom. The van der Waals surface area contributed by atoms with Gasteiger partial charge in [0.25, 0.3) is 0 Å². The zero-order valence-corrected chi connectivity index (χ0v) is 4.02. The molecule has 0 aromatic carbocycles. The summed E-state index contributed by atoms with van der Waals surface area (Å²) in [5.41, 5.74) is 0.0972. The molecule has 0 aromatic rings. The van der Waals surface area contributed by atoms with Crippen molar-refractivity contribution in [1.29, 1.82) is 0 Å². The molecule has 0 bridgehead atoms. The van der Waals surface area contributed by atoms with E-state index in [1.54, 1.807) is 0 Å². The predicted molar refractivity (Wildman–Crippen MR) is 23.3 cm³/mol. The summed E-state index contributed by atoms with van der Waals surface area (Å²) < 4.78 is 0. The molecule has 2 aliphatic rings. The molecule has 1 aliphatic heterocycles. The summed E-state index contributed by atoms with van der Waals surface area (Å²) in [5.74, 6) is 0. The summed E-state index contributed by atoms with van der Waals surface area (Å²) in [4.78, 5) is 9.56. The van der Waals surface area contributed by atoms with Crippen molar-refractivity contribution in [2.24, 2.45) is 0 Å². The summed E-state index contributed by atoms with van der Waals surface area (Å²) in [6.07, 6.45) is 4.41. The average molecular weight is 99.1 g/mol. The van der Waals surface area contributed by atoms with Gasteiger partial charge in [0.05, 0.1) is 6.61 Å². The molecule has 1 heterocycles. The topological polar surface area (TPSA) is 18.5 Å². The Hall–Kier alpha value is -0.0800. The van der Waals surface area contributed by atoms with Gasteiger partial charge >= 0.3 is 0 Å². The Morgan fingerprint density at radius 2 is 2.29 bits per heavy atom. The van der Waals surface area contributed by atoms with Crippen molar-refractivity contribution >= 4 is 0 Å². The summed E-state index contributed by atoms with van der Waals surface area (Å²) >= 11 is 0. The van der Waals surface area contributed by atoms with E-state index < -0.39 is 0 Å². The van der Waals surface area contributed by atoms with Crippen molar-refractivity contribution in [3.63, 3.8) is 0 Å². The molecule has 1 radical (unpaired) electrons. The molecule has 2 heteroatoms. The minimum absolute atomic E-state index is 0.0972. The Balaban J connectivity index is 2.07. The molecule has 0 unspecified atom stereocenters. The van der Waals surface area contributed by atoms with Crippen LogP contribution in [-0.2, 0) is 9.78 Å². The van der Waals surface area contributed by atoms with Gasteiger partial charge in [-0.15, -0.1) is 0 Å². The highest BCUT2D eigenvalue weighted by Gasteiger charge is 2.48. The van der Waals surface area contributed by atoms with Crippen LogP contribution in [-0.4, -0.2) is 12.2 Å². The van der Waals surface area contributed by atoms with Crippen LogP contribution in [0.25, 0.3) is 0 Å². The molecule has 1 saturated carbocycles. The van der Waals surface area contributed by atoms with E-state index in [0.29, 0.717) is 6.61 Å². The van der Waals surface area contributed by atoms with Gasteiger partial charge in [-0.25, -0.2) is 9.78 Å². The lowest BCUT2D eigenvalue weighted by atomic mass is 10.3. The van der Waals surface area contributed by atoms with Gasteiger partial charge in [-0.2, -0.15) is 0 Å². The van der Waals surface area contributed by atoms with Crippen molar-refractivity contribution in [2.75, 3.05) is 6.61 Å². The van der Waals surface area contributed by atoms with Crippen LogP contribution in [0, 0.1) is 6.42 Å². The van der Waals surface area contributed by atoms with Gasteiger partial charge < -0.3 is 0 Å². The van der Waals surface area contributed by atoms with Crippen LogP contribution < -0.4 is 0 Å². The van der Waals surface area contributed by atoms with Gasteiger partial charge in [-0.05, 0) is 12.8 Å². The molecule has 39 valence electrons. The first kappa shape index (κ1) is 3.87. The van der Waals surface area contributed by atoms with E-state index >= 15 is 0 Å². The monoisotopic (exact) mass is 99.0 g/mol. The number of hydrogen-bond acceptors (Lipinski definition) is 2. The molecule has 0 amide bonds. The van der Waals surface area contributed by atoms with Crippen molar-refractivity contribution in [2.45, 2.75) is 18.4 Å². The largest absolute Gasteiger partial charge is 0.236 e. The minimum Gasteiger partial charge on any atom is -0.236 e. The molecule has 7 heavy (non-hydrogen) atoms. The fourth-order valence-electron chi connectivity index (χ4n) is 0.782. The molecule has 0 N–H and O–H groups in total. The fourth-order valence-corrected chi connectivity index (χ4v) is 0.782. The SMILES string of the molecule is [CH]1COOC12CC2. The van der Waals surface area contributed by atoms with Crippen molar-refractivity contribution in [3.8, 4) is 0 Å². The van der Waals surface area contributed by atoms with E-state index in [2.05, 4.69) is 11.3 Å². The summed E-state index contributed by atoms with van der Waals surface area (Å²) in [7, 11) is 0. The van der Waals surface area contributed by atoms with Gasteiger partial charge in [0, 0.05) is 6.42 Å². The van der Waals surface area contributed by atoms with Crippen LogP contribution in [0.3, 0.4) is 0 Å². The lowest BCUT2D eigenvalue weighted by Gasteiger charge is -1.95. The Morgan fingerprint density at radius 1 is 1.43 bits per heavy atom. The minimum atomic E-state index is 0.0972. The lowest BCUT2D eigenvalue weighted by molar-refractivity contribution is -0.282. The summed E-state index contributed by atoms with van der Waals surface area (Å²) in [6, 6.07) is 0. The van der Waals surface area contributed by atoms with Gasteiger partial charge in [0.1, 0.15) is 5.60 Å². The van der Waals surface area contributed by atoms with E-state index in [1.807, 2.05) is 0 Å². The quantitative estimate of drug-likeness (QED) is 0.416. The first-order valence-electron chi connectivity index (χ1n) is 2.56. The fraction of sp³-hybridized carbons (Fsp3) is 0.800. The lowest BCUT2D eigenvalue weighted by Crippen LogP contribution is -2.02. The molecule has 2 nitrogen and oxygen atoms in total. The zero-order chi connectivity index (χ0) is 4.74. The third kappa shape index (κ3) is 0.469. The van der Waals surface area contributed by atoms with Gasteiger partial charge in [-0.1, -0.05) is 0 Å². The van der Waals surface area contributed by atoms with Crippen LogP contribution in [0.1, 0.15) is 12.8 Å². The van der Waals surface area contributed by atoms with Crippen LogP contribution in [0.15, 0.2) is 0 Å². The van der Waals surface area contributed by atoms with E-state index in [-0.39, 0.29) is 5.60 Å². The smallest absolute Gasteiger partial charge is 0.109 e. The third-order valence-corrected chi connectivity index (χ3v) is 1.49. The second-order valence-corrected chi connectivity index (χ2v) is 2.14. The highest BCUT2D eigenvalue weighted by molar-refractivity contribution is 5.07. The van der Waals surface area contributed by atoms with Crippen molar-refractivity contribution < 1.29 is 9.78 Å². The van der Waals surface area contributed by atoms with E-state index in [9.17, 15) is 0 Å². The number of hydrogen-bond donors (Lipinski definition) is 0. The highest BCUT2D eigenvalue weighted by atomic mass is 17.2. The second-order valence-electron chi connectivity index (χ2n) is 2.14. The number of rotatable bonds is 0. The predicted octanol–water partition coefficient (Wildman–Crippen LogP) is 0.685. The molecule has 1 aliphatic carbocycles.